The van der Waals surface area contributed by atoms with Gasteiger partial charge in [-0.1, -0.05) is 18.2 Å². The van der Waals surface area contributed by atoms with Crippen molar-refractivity contribution in [3.05, 3.63) is 53.5 Å². The number of H-pyrrole nitrogens is 1. The van der Waals surface area contributed by atoms with Crippen LogP contribution >= 0.6 is 24.0 Å². The second-order valence-electron chi connectivity index (χ2n) is 6.64. The van der Waals surface area contributed by atoms with Gasteiger partial charge in [0.15, 0.2) is 5.96 Å². The van der Waals surface area contributed by atoms with Crippen LogP contribution in [0, 0.1) is 6.92 Å². The van der Waals surface area contributed by atoms with Crippen LogP contribution in [0.1, 0.15) is 17.0 Å². The molecule has 7 nitrogen and oxygen atoms in total. The van der Waals surface area contributed by atoms with Gasteiger partial charge in [-0.15, -0.1) is 24.0 Å². The van der Waals surface area contributed by atoms with Crippen LogP contribution in [0.5, 0.6) is 0 Å². The number of anilines is 1. The summed E-state index contributed by atoms with van der Waals surface area (Å²) in [5.74, 6) is 0.545. The van der Waals surface area contributed by atoms with Crippen molar-refractivity contribution in [1.29, 1.82) is 0 Å². The fourth-order valence-corrected chi connectivity index (χ4v) is 3.14. The van der Waals surface area contributed by atoms with Crippen molar-refractivity contribution in [3.8, 4) is 0 Å². The highest BCUT2D eigenvalue weighted by molar-refractivity contribution is 14.0. The van der Waals surface area contributed by atoms with Gasteiger partial charge in [0.05, 0.1) is 0 Å². The summed E-state index contributed by atoms with van der Waals surface area (Å²) in [7, 11) is 1.66. The SMILES string of the molecule is CN=C(NCCNc1nccc(C(F)(F)F)n1)NCCc1c(C)[nH]c2ccccc12.I. The second-order valence-corrected chi connectivity index (χ2v) is 6.64. The minimum absolute atomic E-state index is 0. The van der Waals surface area contributed by atoms with Gasteiger partial charge in [-0.05, 0) is 31.0 Å². The lowest BCUT2D eigenvalue weighted by atomic mass is 10.1. The number of fused-ring (bicyclic) bond motifs is 1. The molecule has 0 aliphatic rings. The molecule has 0 fully saturated rings. The summed E-state index contributed by atoms with van der Waals surface area (Å²) in [5.41, 5.74) is 2.55. The number of hydrogen-bond acceptors (Lipinski definition) is 4. The number of alkyl halides is 3. The van der Waals surface area contributed by atoms with Crippen molar-refractivity contribution < 1.29 is 13.2 Å². The number of nitrogens with one attached hydrogen (secondary N) is 4. The minimum Gasteiger partial charge on any atom is -0.358 e. The number of hydrogen-bond donors (Lipinski definition) is 4. The Balaban J connectivity index is 0.00000341. The fraction of sp³-hybridized carbons (Fsp3) is 0.350. The van der Waals surface area contributed by atoms with E-state index >= 15 is 0 Å². The Morgan fingerprint density at radius 3 is 2.58 bits per heavy atom. The van der Waals surface area contributed by atoms with Crippen LogP contribution in [0.15, 0.2) is 41.5 Å². The maximum Gasteiger partial charge on any atom is 0.433 e. The molecule has 0 saturated carbocycles. The van der Waals surface area contributed by atoms with Crippen LogP contribution in [0.3, 0.4) is 0 Å². The Morgan fingerprint density at radius 2 is 1.84 bits per heavy atom. The summed E-state index contributed by atoms with van der Waals surface area (Å²) < 4.78 is 38.0. The second kappa shape index (κ2) is 11.2. The molecule has 0 unspecified atom stereocenters. The largest absolute Gasteiger partial charge is 0.433 e. The molecule has 2 heterocycles. The molecule has 11 heteroatoms. The average Bonchev–Trinajstić information content (AvgIpc) is 3.04. The fourth-order valence-electron chi connectivity index (χ4n) is 3.14. The van der Waals surface area contributed by atoms with Crippen LogP contribution < -0.4 is 16.0 Å². The van der Waals surface area contributed by atoms with Gasteiger partial charge >= 0.3 is 6.18 Å². The van der Waals surface area contributed by atoms with E-state index in [-0.39, 0.29) is 29.9 Å². The molecule has 0 spiro atoms. The molecule has 0 bridgehead atoms. The Morgan fingerprint density at radius 1 is 1.10 bits per heavy atom. The van der Waals surface area contributed by atoms with Gasteiger partial charge in [0.1, 0.15) is 5.69 Å². The van der Waals surface area contributed by atoms with Crippen LogP contribution in [-0.4, -0.2) is 47.6 Å². The topological polar surface area (TPSA) is 90.0 Å². The number of aromatic nitrogens is 3. The van der Waals surface area contributed by atoms with Crippen molar-refractivity contribution in [3.63, 3.8) is 0 Å². The molecule has 0 saturated heterocycles. The molecule has 0 radical (unpaired) electrons. The van der Waals surface area contributed by atoms with Gasteiger partial charge in [0.25, 0.3) is 0 Å². The zero-order chi connectivity index (χ0) is 21.6. The first kappa shape index (κ1) is 24.7. The van der Waals surface area contributed by atoms with Crippen molar-refractivity contribution in [2.45, 2.75) is 19.5 Å². The molecule has 3 aromatic rings. The number of benzene rings is 1. The minimum atomic E-state index is -4.49. The van der Waals surface area contributed by atoms with E-state index in [2.05, 4.69) is 55.0 Å². The molecule has 3 rings (SSSR count). The van der Waals surface area contributed by atoms with Crippen molar-refractivity contribution in [1.82, 2.24) is 25.6 Å². The highest BCUT2D eigenvalue weighted by Gasteiger charge is 2.32. The predicted octanol–water partition coefficient (Wildman–Crippen LogP) is 3.72. The Kier molecular flexibility index (Phi) is 8.89. The molecule has 0 aliphatic heterocycles. The number of rotatable bonds is 7. The third-order valence-electron chi connectivity index (χ3n) is 4.56. The molecule has 0 amide bonds. The first-order chi connectivity index (χ1) is 14.4. The normalized spacial score (nSPS) is 11.8. The quantitative estimate of drug-likeness (QED) is 0.157. The maximum atomic E-state index is 12.7. The van der Waals surface area contributed by atoms with Crippen molar-refractivity contribution in [2.75, 3.05) is 32.0 Å². The molecular formula is C20H25F3IN7. The third kappa shape index (κ3) is 6.71. The van der Waals surface area contributed by atoms with E-state index in [1.807, 2.05) is 12.1 Å². The lowest BCUT2D eigenvalue weighted by Gasteiger charge is -2.13. The van der Waals surface area contributed by atoms with Crippen LogP contribution in [0.2, 0.25) is 0 Å². The standard InChI is InChI=1S/C20H24F3N7.HI/c1-13-14(15-5-3-4-6-16(15)29-13)7-9-25-18(24-2)27-11-12-28-19-26-10-8-17(30-19)20(21,22)23;/h3-6,8,10,29H,7,9,11-12H2,1-2H3,(H2,24,25,27)(H,26,28,30);1H. The summed E-state index contributed by atoms with van der Waals surface area (Å²) in [6.07, 6.45) is -2.58. The monoisotopic (exact) mass is 547 g/mol. The lowest BCUT2D eigenvalue weighted by Crippen LogP contribution is -2.40. The molecular weight excluding hydrogens is 522 g/mol. The molecule has 0 atom stereocenters. The maximum absolute atomic E-state index is 12.7. The number of aryl methyl sites for hydroxylation is 1. The molecule has 0 aliphatic carbocycles. The number of aliphatic imine (C=N–C) groups is 1. The third-order valence-corrected chi connectivity index (χ3v) is 4.56. The van der Waals surface area contributed by atoms with E-state index in [1.165, 1.54) is 10.9 Å². The Bertz CT molecular complexity index is 1020. The summed E-state index contributed by atoms with van der Waals surface area (Å²) in [6.45, 7) is 3.52. The number of nitrogens with zero attached hydrogens (tertiary/aromatic N) is 3. The van der Waals surface area contributed by atoms with E-state index in [9.17, 15) is 13.2 Å². The molecule has 4 N–H and O–H groups in total. The lowest BCUT2D eigenvalue weighted by molar-refractivity contribution is -0.141. The van der Waals surface area contributed by atoms with E-state index in [0.29, 0.717) is 25.6 Å². The number of aromatic amines is 1. The first-order valence-electron chi connectivity index (χ1n) is 9.53. The number of para-hydroxylation sites is 1. The highest BCUT2D eigenvalue weighted by Crippen LogP contribution is 2.27. The molecule has 2 aromatic heterocycles. The molecule has 168 valence electrons. The summed E-state index contributed by atoms with van der Waals surface area (Å²) in [5, 5.41) is 10.3. The number of guanidine groups is 1. The zero-order valence-electron chi connectivity index (χ0n) is 17.2. The van der Waals surface area contributed by atoms with Crippen LogP contribution in [0.4, 0.5) is 19.1 Å². The van der Waals surface area contributed by atoms with Gasteiger partial charge in [-0.3, -0.25) is 4.99 Å². The zero-order valence-corrected chi connectivity index (χ0v) is 19.5. The van der Waals surface area contributed by atoms with Gasteiger partial charge < -0.3 is 20.9 Å². The predicted molar refractivity (Wildman–Crippen MR) is 127 cm³/mol. The molecule has 31 heavy (non-hydrogen) atoms. The van der Waals surface area contributed by atoms with Crippen molar-refractivity contribution >= 4 is 46.8 Å². The Hall–Kier alpha value is -2.57. The number of halogens is 4. The average molecular weight is 547 g/mol. The van der Waals surface area contributed by atoms with Crippen LogP contribution in [-0.2, 0) is 12.6 Å². The van der Waals surface area contributed by atoms with E-state index in [1.54, 1.807) is 7.05 Å². The van der Waals surface area contributed by atoms with Gasteiger partial charge in [0.2, 0.25) is 5.95 Å². The Labute approximate surface area is 195 Å². The van der Waals surface area contributed by atoms with Crippen LogP contribution in [0.25, 0.3) is 10.9 Å². The summed E-state index contributed by atoms with van der Waals surface area (Å²) in [4.78, 5) is 14.8. The van der Waals surface area contributed by atoms with Gasteiger partial charge in [-0.2, -0.15) is 13.2 Å². The van der Waals surface area contributed by atoms with E-state index in [0.717, 1.165) is 29.9 Å². The van der Waals surface area contributed by atoms with E-state index in [4.69, 9.17) is 0 Å². The molecule has 1 aromatic carbocycles. The first-order valence-corrected chi connectivity index (χ1v) is 9.53. The van der Waals surface area contributed by atoms with Gasteiger partial charge in [0, 0.05) is 49.5 Å². The van der Waals surface area contributed by atoms with Gasteiger partial charge in [-0.25, -0.2) is 9.97 Å². The smallest absolute Gasteiger partial charge is 0.358 e. The summed E-state index contributed by atoms with van der Waals surface area (Å²) >= 11 is 0. The van der Waals surface area contributed by atoms with Crippen molar-refractivity contribution in [2.24, 2.45) is 4.99 Å². The highest BCUT2D eigenvalue weighted by atomic mass is 127. The van der Waals surface area contributed by atoms with E-state index < -0.39 is 11.9 Å². The summed E-state index contributed by atoms with van der Waals surface area (Å²) in [6, 6.07) is 9.02.